The predicted molar refractivity (Wildman–Crippen MR) is 64.5 cm³/mol. The predicted octanol–water partition coefficient (Wildman–Crippen LogP) is 3.14. The molecule has 2 aromatic rings. The summed E-state index contributed by atoms with van der Waals surface area (Å²) in [7, 11) is 0. The average molecular weight is 236 g/mol. The van der Waals surface area contributed by atoms with Gasteiger partial charge in [-0.05, 0) is 24.8 Å². The summed E-state index contributed by atoms with van der Waals surface area (Å²) in [5, 5.41) is 0. The van der Waals surface area contributed by atoms with Gasteiger partial charge in [0.25, 0.3) is 0 Å². The first-order valence-electron chi connectivity index (χ1n) is 5.66. The zero-order chi connectivity index (χ0) is 11.1. The van der Waals surface area contributed by atoms with Gasteiger partial charge in [0.05, 0.1) is 17.6 Å². The van der Waals surface area contributed by atoms with Crippen LogP contribution >= 0.6 is 11.6 Å². The van der Waals surface area contributed by atoms with Crippen LogP contribution in [0.15, 0.2) is 18.5 Å². The molecular formula is C12H14ClN3. The Morgan fingerprint density at radius 2 is 2.31 bits per heavy atom. The summed E-state index contributed by atoms with van der Waals surface area (Å²) >= 11 is 5.96. The van der Waals surface area contributed by atoms with Gasteiger partial charge in [-0.15, -0.1) is 11.6 Å². The Hall–Kier alpha value is -1.09. The van der Waals surface area contributed by atoms with Crippen molar-refractivity contribution in [2.24, 2.45) is 5.92 Å². The normalized spacial score (nSPS) is 24.6. The minimum Gasteiger partial charge on any atom is -0.324 e. The molecule has 0 N–H and O–H groups in total. The van der Waals surface area contributed by atoms with Gasteiger partial charge >= 0.3 is 0 Å². The standard InChI is InChI=1S/C12H14ClN3/c1-8-4-9(5-8)16-11-2-3-14-7-10(11)15-12(16)6-13/h2-3,7-9H,4-6H2,1H3. The maximum absolute atomic E-state index is 5.96. The molecule has 1 aliphatic rings. The third-order valence-corrected chi connectivity index (χ3v) is 3.64. The lowest BCUT2D eigenvalue weighted by Crippen LogP contribution is -2.25. The molecule has 0 spiro atoms. The Morgan fingerprint density at radius 1 is 1.50 bits per heavy atom. The second-order valence-corrected chi connectivity index (χ2v) is 4.89. The van der Waals surface area contributed by atoms with E-state index in [1.54, 1.807) is 0 Å². The van der Waals surface area contributed by atoms with Gasteiger partial charge in [0.15, 0.2) is 0 Å². The summed E-state index contributed by atoms with van der Waals surface area (Å²) in [6.07, 6.45) is 6.10. The molecule has 0 atom stereocenters. The fraction of sp³-hybridized carbons (Fsp3) is 0.500. The minimum atomic E-state index is 0.472. The molecule has 2 heterocycles. The summed E-state index contributed by atoms with van der Waals surface area (Å²) in [6, 6.07) is 2.61. The van der Waals surface area contributed by atoms with E-state index in [4.69, 9.17) is 11.6 Å². The van der Waals surface area contributed by atoms with Crippen LogP contribution in [-0.4, -0.2) is 14.5 Å². The van der Waals surface area contributed by atoms with Gasteiger partial charge in [-0.2, -0.15) is 0 Å². The van der Waals surface area contributed by atoms with Crippen LogP contribution in [0.3, 0.4) is 0 Å². The van der Waals surface area contributed by atoms with Gasteiger partial charge in [0.2, 0.25) is 0 Å². The van der Waals surface area contributed by atoms with Crippen molar-refractivity contribution in [3.8, 4) is 0 Å². The van der Waals surface area contributed by atoms with Crippen molar-refractivity contribution >= 4 is 22.6 Å². The van der Waals surface area contributed by atoms with E-state index in [1.807, 2.05) is 18.5 Å². The van der Waals surface area contributed by atoms with Crippen molar-refractivity contribution in [3.63, 3.8) is 0 Å². The van der Waals surface area contributed by atoms with Crippen LogP contribution in [0.4, 0.5) is 0 Å². The second kappa shape index (κ2) is 3.74. The van der Waals surface area contributed by atoms with Crippen molar-refractivity contribution in [2.45, 2.75) is 31.7 Å². The number of halogens is 1. The molecule has 1 fully saturated rings. The molecule has 0 radical (unpaired) electrons. The zero-order valence-electron chi connectivity index (χ0n) is 9.23. The number of alkyl halides is 1. The lowest BCUT2D eigenvalue weighted by atomic mass is 9.81. The Kier molecular flexibility index (Phi) is 2.36. The van der Waals surface area contributed by atoms with E-state index in [0.717, 1.165) is 17.3 Å². The van der Waals surface area contributed by atoms with E-state index in [2.05, 4.69) is 21.5 Å². The third kappa shape index (κ3) is 1.42. The highest BCUT2D eigenvalue weighted by Crippen LogP contribution is 2.40. The van der Waals surface area contributed by atoms with Crippen LogP contribution in [0, 0.1) is 5.92 Å². The maximum Gasteiger partial charge on any atom is 0.125 e. The molecule has 3 nitrogen and oxygen atoms in total. The summed E-state index contributed by atoms with van der Waals surface area (Å²) < 4.78 is 2.30. The van der Waals surface area contributed by atoms with Crippen LogP contribution in [0.2, 0.25) is 0 Å². The smallest absolute Gasteiger partial charge is 0.125 e. The highest BCUT2D eigenvalue weighted by atomic mass is 35.5. The van der Waals surface area contributed by atoms with Gasteiger partial charge < -0.3 is 4.57 Å². The number of nitrogens with zero attached hydrogens (tertiary/aromatic N) is 3. The van der Waals surface area contributed by atoms with Gasteiger partial charge in [-0.1, -0.05) is 6.92 Å². The molecule has 0 amide bonds. The van der Waals surface area contributed by atoms with Crippen LogP contribution in [0.5, 0.6) is 0 Å². The molecular weight excluding hydrogens is 222 g/mol. The summed E-state index contributed by atoms with van der Waals surface area (Å²) in [4.78, 5) is 8.63. The first-order valence-corrected chi connectivity index (χ1v) is 6.20. The molecule has 0 saturated heterocycles. The average Bonchev–Trinajstić information content (AvgIpc) is 2.63. The fourth-order valence-corrected chi connectivity index (χ4v) is 2.76. The number of rotatable bonds is 2. The molecule has 0 bridgehead atoms. The van der Waals surface area contributed by atoms with Crippen molar-refractivity contribution in [1.29, 1.82) is 0 Å². The number of pyridine rings is 1. The monoisotopic (exact) mass is 235 g/mol. The number of fused-ring (bicyclic) bond motifs is 1. The van der Waals surface area contributed by atoms with Gasteiger partial charge in [0.1, 0.15) is 11.3 Å². The van der Waals surface area contributed by atoms with Crippen molar-refractivity contribution in [1.82, 2.24) is 14.5 Å². The van der Waals surface area contributed by atoms with Crippen LogP contribution in [0.1, 0.15) is 31.6 Å². The Labute approximate surface area is 99.5 Å². The third-order valence-electron chi connectivity index (χ3n) is 3.40. The molecule has 3 rings (SSSR count). The summed E-state index contributed by atoms with van der Waals surface area (Å²) in [5.74, 6) is 2.27. The Morgan fingerprint density at radius 3 is 3.00 bits per heavy atom. The van der Waals surface area contributed by atoms with Crippen LogP contribution in [-0.2, 0) is 5.88 Å². The van der Waals surface area contributed by atoms with E-state index >= 15 is 0 Å². The molecule has 1 saturated carbocycles. The lowest BCUT2D eigenvalue weighted by molar-refractivity contribution is 0.217. The highest BCUT2D eigenvalue weighted by Gasteiger charge is 2.29. The molecule has 1 aliphatic carbocycles. The first-order chi connectivity index (χ1) is 7.79. The van der Waals surface area contributed by atoms with Crippen LogP contribution < -0.4 is 0 Å². The molecule has 4 heteroatoms. The SMILES string of the molecule is CC1CC(n2c(CCl)nc3cnccc32)C1. The molecule has 0 aromatic carbocycles. The molecule has 0 unspecified atom stereocenters. The van der Waals surface area contributed by atoms with Gasteiger partial charge in [-0.25, -0.2) is 4.98 Å². The van der Waals surface area contributed by atoms with Gasteiger partial charge in [-0.3, -0.25) is 4.98 Å². The molecule has 0 aliphatic heterocycles. The van der Waals surface area contributed by atoms with Crippen LogP contribution in [0.25, 0.3) is 11.0 Å². The molecule has 2 aromatic heterocycles. The van der Waals surface area contributed by atoms with Crippen molar-refractivity contribution in [2.75, 3.05) is 0 Å². The fourth-order valence-electron chi connectivity index (χ4n) is 2.57. The van der Waals surface area contributed by atoms with Crippen molar-refractivity contribution < 1.29 is 0 Å². The lowest BCUT2D eigenvalue weighted by Gasteiger charge is -2.35. The maximum atomic E-state index is 5.96. The van der Waals surface area contributed by atoms with E-state index in [9.17, 15) is 0 Å². The van der Waals surface area contributed by atoms with E-state index in [0.29, 0.717) is 11.9 Å². The minimum absolute atomic E-state index is 0.472. The second-order valence-electron chi connectivity index (χ2n) is 4.63. The van der Waals surface area contributed by atoms with Crippen molar-refractivity contribution in [3.05, 3.63) is 24.3 Å². The number of hydrogen-bond acceptors (Lipinski definition) is 2. The largest absolute Gasteiger partial charge is 0.324 e. The molecule has 84 valence electrons. The number of imidazole rings is 1. The topological polar surface area (TPSA) is 30.7 Å². The number of hydrogen-bond donors (Lipinski definition) is 0. The number of aromatic nitrogens is 3. The zero-order valence-corrected chi connectivity index (χ0v) is 9.98. The Balaban J connectivity index is 2.12. The summed E-state index contributed by atoms with van der Waals surface area (Å²) in [5.41, 5.74) is 2.13. The Bertz CT molecular complexity index is 514. The summed E-state index contributed by atoms with van der Waals surface area (Å²) in [6.45, 7) is 2.29. The van der Waals surface area contributed by atoms with Gasteiger partial charge in [0, 0.05) is 12.2 Å². The van der Waals surface area contributed by atoms with E-state index in [-0.39, 0.29) is 0 Å². The molecule has 16 heavy (non-hydrogen) atoms. The first kappa shape index (κ1) is 10.1. The highest BCUT2D eigenvalue weighted by molar-refractivity contribution is 6.16. The van der Waals surface area contributed by atoms with E-state index < -0.39 is 0 Å². The quantitative estimate of drug-likeness (QED) is 0.749. The van der Waals surface area contributed by atoms with E-state index in [1.165, 1.54) is 18.4 Å².